The van der Waals surface area contributed by atoms with E-state index < -0.39 is 17.8 Å². The van der Waals surface area contributed by atoms with Crippen LogP contribution in [0, 0.1) is 23.7 Å². The monoisotopic (exact) mass is 394 g/mol. The first kappa shape index (κ1) is 17.1. The average molecular weight is 395 g/mol. The van der Waals surface area contributed by atoms with Gasteiger partial charge in [-0.25, -0.2) is 0 Å². The largest absolute Gasteiger partial charge is 0.469 e. The van der Waals surface area contributed by atoms with Crippen LogP contribution in [0.3, 0.4) is 0 Å². The summed E-state index contributed by atoms with van der Waals surface area (Å²) in [4.78, 5) is 36.6. The second-order valence-corrected chi connectivity index (χ2v) is 7.36. The van der Waals surface area contributed by atoms with E-state index in [0.29, 0.717) is 5.56 Å². The molecule has 0 aromatic heterocycles. The summed E-state index contributed by atoms with van der Waals surface area (Å²) in [6.07, 6.45) is 2.74. The number of carbonyl (C=O) groups is 3. The summed E-state index contributed by atoms with van der Waals surface area (Å²) in [7, 11) is 1.34. The van der Waals surface area contributed by atoms with Gasteiger partial charge in [0, 0.05) is 10.0 Å². The van der Waals surface area contributed by atoms with Gasteiger partial charge >= 0.3 is 11.9 Å². The molecule has 24 heavy (non-hydrogen) atoms. The Morgan fingerprint density at radius 3 is 2.21 bits per heavy atom. The van der Waals surface area contributed by atoms with E-state index in [-0.39, 0.29) is 30.2 Å². The number of fused-ring (bicyclic) bond motifs is 2. The molecule has 0 N–H and O–H groups in total. The predicted molar refractivity (Wildman–Crippen MR) is 89.3 cm³/mol. The second-order valence-electron chi connectivity index (χ2n) is 6.45. The highest BCUT2D eigenvalue weighted by molar-refractivity contribution is 9.10. The van der Waals surface area contributed by atoms with Gasteiger partial charge in [0.1, 0.15) is 0 Å². The molecule has 2 saturated carbocycles. The van der Waals surface area contributed by atoms with Crippen LogP contribution in [0.25, 0.3) is 0 Å². The minimum atomic E-state index is -0.478. The molecule has 3 rings (SSSR count). The van der Waals surface area contributed by atoms with Gasteiger partial charge in [-0.15, -0.1) is 0 Å². The number of rotatable bonds is 5. The Kier molecular flexibility index (Phi) is 5.04. The molecule has 2 bridgehead atoms. The van der Waals surface area contributed by atoms with Crippen molar-refractivity contribution in [2.45, 2.75) is 19.3 Å². The number of ether oxygens (including phenoxy) is 2. The van der Waals surface area contributed by atoms with Crippen LogP contribution in [-0.2, 0) is 19.1 Å². The molecule has 1 aromatic carbocycles. The van der Waals surface area contributed by atoms with Gasteiger partial charge in [-0.3, -0.25) is 14.4 Å². The Labute approximate surface area is 148 Å². The lowest BCUT2D eigenvalue weighted by Crippen LogP contribution is -2.37. The molecule has 4 unspecified atom stereocenters. The molecule has 0 spiro atoms. The first-order valence-corrected chi connectivity index (χ1v) is 8.83. The van der Waals surface area contributed by atoms with Crippen LogP contribution in [0.15, 0.2) is 28.7 Å². The summed E-state index contributed by atoms with van der Waals surface area (Å²) >= 11 is 3.31. The third-order valence-electron chi connectivity index (χ3n) is 5.17. The lowest BCUT2D eigenvalue weighted by molar-refractivity contribution is -0.161. The first-order chi connectivity index (χ1) is 11.5. The molecule has 4 atom stereocenters. The van der Waals surface area contributed by atoms with E-state index in [2.05, 4.69) is 15.9 Å². The van der Waals surface area contributed by atoms with E-state index in [1.54, 1.807) is 24.3 Å². The lowest BCUT2D eigenvalue weighted by Gasteiger charge is -2.27. The van der Waals surface area contributed by atoms with Crippen molar-refractivity contribution in [3.05, 3.63) is 34.3 Å². The van der Waals surface area contributed by atoms with Gasteiger partial charge in [-0.05, 0) is 43.2 Å². The number of ketones is 1. The molecular weight excluding hydrogens is 376 g/mol. The van der Waals surface area contributed by atoms with Crippen molar-refractivity contribution < 1.29 is 23.9 Å². The molecule has 2 fully saturated rings. The fourth-order valence-corrected chi connectivity index (χ4v) is 4.32. The number of esters is 2. The number of methoxy groups -OCH3 is 1. The number of Topliss-reactive ketones (excluding diaryl/α,β-unsaturated/α-hetero) is 1. The molecule has 0 saturated heterocycles. The molecule has 2 aliphatic rings. The zero-order chi connectivity index (χ0) is 17.3. The maximum absolute atomic E-state index is 12.5. The Morgan fingerprint density at radius 2 is 1.62 bits per heavy atom. The molecule has 1 aromatic rings. The van der Waals surface area contributed by atoms with Gasteiger partial charge in [0.05, 0.1) is 18.9 Å². The quantitative estimate of drug-likeness (QED) is 0.566. The van der Waals surface area contributed by atoms with Gasteiger partial charge in [0.15, 0.2) is 12.4 Å². The van der Waals surface area contributed by atoms with Crippen LogP contribution in [0.2, 0.25) is 0 Å². The number of benzene rings is 1. The number of hydrogen-bond acceptors (Lipinski definition) is 5. The second kappa shape index (κ2) is 7.05. The topological polar surface area (TPSA) is 69.7 Å². The molecule has 6 heteroatoms. The molecule has 0 heterocycles. The van der Waals surface area contributed by atoms with Crippen LogP contribution in [0.4, 0.5) is 0 Å². The summed E-state index contributed by atoms with van der Waals surface area (Å²) in [5, 5.41) is 0. The molecule has 2 aliphatic carbocycles. The van der Waals surface area contributed by atoms with E-state index in [0.717, 1.165) is 23.7 Å². The molecule has 0 amide bonds. The van der Waals surface area contributed by atoms with E-state index in [1.165, 1.54) is 7.11 Å². The van der Waals surface area contributed by atoms with Gasteiger partial charge in [-0.2, -0.15) is 0 Å². The highest BCUT2D eigenvalue weighted by Gasteiger charge is 2.55. The van der Waals surface area contributed by atoms with Crippen molar-refractivity contribution in [1.29, 1.82) is 0 Å². The number of hydrogen-bond donors (Lipinski definition) is 0. The zero-order valence-electron chi connectivity index (χ0n) is 13.4. The van der Waals surface area contributed by atoms with E-state index in [9.17, 15) is 14.4 Å². The Balaban J connectivity index is 1.63. The molecule has 5 nitrogen and oxygen atoms in total. The van der Waals surface area contributed by atoms with Crippen LogP contribution in [0.5, 0.6) is 0 Å². The normalized spacial score (nSPS) is 27.8. The predicted octanol–water partition coefficient (Wildman–Crippen LogP) is 3.01. The van der Waals surface area contributed by atoms with Gasteiger partial charge in [0.2, 0.25) is 0 Å². The molecule has 0 radical (unpaired) electrons. The van der Waals surface area contributed by atoms with Crippen molar-refractivity contribution in [1.82, 2.24) is 0 Å². The SMILES string of the molecule is COC(=O)C1C2CCC(C2)C1C(=O)OCC(=O)c1ccc(Br)cc1. The van der Waals surface area contributed by atoms with Crippen molar-refractivity contribution in [3.8, 4) is 0 Å². The minimum absolute atomic E-state index is 0.161. The molecular formula is C18H19BrO5. The minimum Gasteiger partial charge on any atom is -0.469 e. The van der Waals surface area contributed by atoms with Gasteiger partial charge < -0.3 is 9.47 Å². The summed E-state index contributed by atoms with van der Waals surface area (Å²) in [5.41, 5.74) is 0.489. The zero-order valence-corrected chi connectivity index (χ0v) is 15.0. The third kappa shape index (κ3) is 3.24. The molecule has 128 valence electrons. The van der Waals surface area contributed by atoms with Crippen molar-refractivity contribution in [2.75, 3.05) is 13.7 Å². The van der Waals surface area contributed by atoms with Crippen molar-refractivity contribution in [2.24, 2.45) is 23.7 Å². The fourth-order valence-electron chi connectivity index (χ4n) is 4.06. The van der Waals surface area contributed by atoms with Gasteiger partial charge in [-0.1, -0.05) is 28.1 Å². The van der Waals surface area contributed by atoms with Crippen molar-refractivity contribution >= 4 is 33.7 Å². The summed E-state index contributed by atoms with van der Waals surface area (Å²) in [6, 6.07) is 6.88. The maximum Gasteiger partial charge on any atom is 0.310 e. The van der Waals surface area contributed by atoms with Crippen LogP contribution < -0.4 is 0 Å². The van der Waals surface area contributed by atoms with E-state index in [4.69, 9.17) is 9.47 Å². The summed E-state index contributed by atoms with van der Waals surface area (Å²) in [6.45, 7) is -0.303. The van der Waals surface area contributed by atoms with Gasteiger partial charge in [0.25, 0.3) is 0 Å². The average Bonchev–Trinajstić information content (AvgIpc) is 3.20. The highest BCUT2D eigenvalue weighted by atomic mass is 79.9. The highest BCUT2D eigenvalue weighted by Crippen LogP contribution is 2.53. The van der Waals surface area contributed by atoms with E-state index in [1.807, 2.05) is 0 Å². The Bertz CT molecular complexity index is 654. The first-order valence-electron chi connectivity index (χ1n) is 8.04. The van der Waals surface area contributed by atoms with Crippen LogP contribution >= 0.6 is 15.9 Å². The van der Waals surface area contributed by atoms with E-state index >= 15 is 0 Å². The molecule has 0 aliphatic heterocycles. The van der Waals surface area contributed by atoms with Crippen molar-refractivity contribution in [3.63, 3.8) is 0 Å². The fraction of sp³-hybridized carbons (Fsp3) is 0.500. The van der Waals surface area contributed by atoms with Crippen LogP contribution in [-0.4, -0.2) is 31.4 Å². The standard InChI is InChI=1S/C18H19BrO5/c1-23-17(21)15-11-2-3-12(8-11)16(15)18(22)24-9-14(20)10-4-6-13(19)7-5-10/h4-7,11-12,15-16H,2-3,8-9H2,1H3. The summed E-state index contributed by atoms with van der Waals surface area (Å²) < 4.78 is 11.0. The number of carbonyl (C=O) groups excluding carboxylic acids is 3. The smallest absolute Gasteiger partial charge is 0.310 e. The van der Waals surface area contributed by atoms with Crippen LogP contribution in [0.1, 0.15) is 29.6 Å². The lowest BCUT2D eigenvalue weighted by atomic mass is 9.79. The third-order valence-corrected chi connectivity index (χ3v) is 5.70. The summed E-state index contributed by atoms with van der Waals surface area (Å²) in [5.74, 6) is -1.60. The Morgan fingerprint density at radius 1 is 1.04 bits per heavy atom. The maximum atomic E-state index is 12.5. The Hall–Kier alpha value is -1.69. The number of halogens is 1.